The first-order chi connectivity index (χ1) is 14.4. The van der Waals surface area contributed by atoms with Crippen LogP contribution in [0.4, 0.5) is 5.69 Å². The summed E-state index contributed by atoms with van der Waals surface area (Å²) in [5, 5.41) is 6.91. The maximum Gasteiger partial charge on any atom is 0.291 e. The van der Waals surface area contributed by atoms with Gasteiger partial charge < -0.3 is 10.1 Å². The van der Waals surface area contributed by atoms with Gasteiger partial charge in [-0.25, -0.2) is 4.98 Å². The molecule has 0 atom stereocenters. The lowest BCUT2D eigenvalue weighted by atomic mass is 10.2. The quantitative estimate of drug-likeness (QED) is 0.470. The van der Waals surface area contributed by atoms with Crippen LogP contribution in [0, 0.1) is 13.8 Å². The van der Waals surface area contributed by atoms with Crippen LogP contribution in [0.1, 0.15) is 17.0 Å². The Balaban J connectivity index is 1.56. The third kappa shape index (κ3) is 4.42. The van der Waals surface area contributed by atoms with E-state index in [9.17, 15) is 9.59 Å². The number of carbonyl (C=O) groups excluding carboxylic acids is 1. The van der Waals surface area contributed by atoms with Crippen molar-refractivity contribution in [2.45, 2.75) is 13.8 Å². The number of ether oxygens (including phenoxy) is 1. The Morgan fingerprint density at radius 1 is 1.23 bits per heavy atom. The number of nitrogens with one attached hydrogen (secondary N) is 1. The van der Waals surface area contributed by atoms with Gasteiger partial charge in [-0.05, 0) is 50.3 Å². The molecule has 0 aliphatic rings. The fourth-order valence-electron chi connectivity index (χ4n) is 2.81. The molecule has 4 aromatic rings. The van der Waals surface area contributed by atoms with Crippen molar-refractivity contribution < 1.29 is 9.53 Å². The number of hydrogen-bond donors (Lipinski definition) is 1. The van der Waals surface area contributed by atoms with Gasteiger partial charge in [0.15, 0.2) is 6.61 Å². The number of rotatable bonds is 5. The molecule has 0 spiro atoms. The number of halogens is 1. The van der Waals surface area contributed by atoms with Crippen molar-refractivity contribution in [1.82, 2.24) is 14.6 Å². The molecule has 7 nitrogen and oxygen atoms in total. The van der Waals surface area contributed by atoms with Crippen molar-refractivity contribution in [2.24, 2.45) is 0 Å². The van der Waals surface area contributed by atoms with Crippen molar-refractivity contribution in [2.75, 3.05) is 11.9 Å². The summed E-state index contributed by atoms with van der Waals surface area (Å²) in [6.07, 6.45) is 1.72. The minimum atomic E-state index is -0.272. The molecule has 0 aliphatic heterocycles. The summed E-state index contributed by atoms with van der Waals surface area (Å²) in [7, 11) is 0. The maximum absolute atomic E-state index is 12.6. The van der Waals surface area contributed by atoms with Crippen LogP contribution in [0.2, 0.25) is 0 Å². The average molecular weight is 485 g/mol. The van der Waals surface area contributed by atoms with Gasteiger partial charge in [-0.2, -0.15) is 4.52 Å². The molecule has 152 valence electrons. The summed E-state index contributed by atoms with van der Waals surface area (Å²) in [4.78, 5) is 29.6. The number of aromatic nitrogens is 3. The topological polar surface area (TPSA) is 85.6 Å². The highest BCUT2D eigenvalue weighted by atomic mass is 79.9. The molecule has 0 saturated heterocycles. The summed E-state index contributed by atoms with van der Waals surface area (Å²) in [5.74, 6) is 0.773. The summed E-state index contributed by atoms with van der Waals surface area (Å²) in [6.45, 7) is 3.56. The standard InChI is InChI=1S/C21H17BrN4O3S/c1-12-3-6-16(7-4-12)24-19(27)11-29-17-8-5-15(22)9-14(17)10-18-20(28)26-21(30-18)23-13(2)25-26/h3-10H,11H2,1-2H3,(H,24,27)/b18-10-. The van der Waals surface area contributed by atoms with Crippen molar-refractivity contribution in [3.63, 3.8) is 0 Å². The van der Waals surface area contributed by atoms with E-state index in [1.54, 1.807) is 19.1 Å². The second-order valence-corrected chi connectivity index (χ2v) is 8.58. The highest BCUT2D eigenvalue weighted by Crippen LogP contribution is 2.24. The fraction of sp³-hybridized carbons (Fsp3) is 0.143. The Morgan fingerprint density at radius 3 is 2.73 bits per heavy atom. The third-order valence-electron chi connectivity index (χ3n) is 4.24. The van der Waals surface area contributed by atoms with E-state index in [0.717, 1.165) is 10.0 Å². The Hall–Kier alpha value is -3.04. The van der Waals surface area contributed by atoms with Gasteiger partial charge in [0.1, 0.15) is 11.6 Å². The predicted octanol–water partition coefficient (Wildman–Crippen LogP) is 3.10. The normalized spacial score (nSPS) is 11.8. The molecule has 2 aromatic heterocycles. The summed E-state index contributed by atoms with van der Waals surface area (Å²) in [6, 6.07) is 12.9. The van der Waals surface area contributed by atoms with Crippen molar-refractivity contribution in [1.29, 1.82) is 0 Å². The molecule has 0 bridgehead atoms. The third-order valence-corrected chi connectivity index (χ3v) is 5.69. The molecule has 0 radical (unpaired) electrons. The molecule has 2 aromatic carbocycles. The van der Waals surface area contributed by atoms with Gasteiger partial charge in [-0.3, -0.25) is 9.59 Å². The second kappa shape index (κ2) is 8.37. The van der Waals surface area contributed by atoms with Gasteiger partial charge in [-0.1, -0.05) is 45.0 Å². The smallest absolute Gasteiger partial charge is 0.291 e. The number of carbonyl (C=O) groups is 1. The van der Waals surface area contributed by atoms with E-state index in [1.807, 2.05) is 43.3 Å². The molecule has 0 fully saturated rings. The Morgan fingerprint density at radius 2 is 2.00 bits per heavy atom. The predicted molar refractivity (Wildman–Crippen MR) is 120 cm³/mol. The van der Waals surface area contributed by atoms with Gasteiger partial charge in [-0.15, -0.1) is 5.10 Å². The molecule has 0 unspecified atom stereocenters. The molecular weight excluding hydrogens is 468 g/mol. The summed E-state index contributed by atoms with van der Waals surface area (Å²) in [5.41, 5.74) is 2.25. The molecule has 0 saturated carbocycles. The van der Waals surface area contributed by atoms with E-state index in [2.05, 4.69) is 31.3 Å². The number of aryl methyl sites for hydroxylation is 2. The van der Waals surface area contributed by atoms with E-state index >= 15 is 0 Å². The first kappa shape index (κ1) is 20.2. The van der Waals surface area contributed by atoms with Gasteiger partial charge >= 0.3 is 0 Å². The highest BCUT2D eigenvalue weighted by Gasteiger charge is 2.11. The largest absolute Gasteiger partial charge is 0.483 e. The maximum atomic E-state index is 12.6. The molecular formula is C21H17BrN4O3S. The number of amides is 1. The van der Waals surface area contributed by atoms with Crippen LogP contribution >= 0.6 is 27.3 Å². The SMILES string of the molecule is Cc1ccc(NC(=O)COc2ccc(Br)cc2/C=c2\sc3nc(C)nn3c2=O)cc1. The van der Waals surface area contributed by atoms with Crippen LogP contribution in [0.25, 0.3) is 11.0 Å². The van der Waals surface area contributed by atoms with Gasteiger partial charge in [0.05, 0.1) is 4.53 Å². The van der Waals surface area contributed by atoms with E-state index < -0.39 is 0 Å². The Kier molecular flexibility index (Phi) is 5.65. The van der Waals surface area contributed by atoms with Crippen LogP contribution in [0.5, 0.6) is 5.75 Å². The lowest BCUT2D eigenvalue weighted by Gasteiger charge is -2.10. The first-order valence-electron chi connectivity index (χ1n) is 9.06. The van der Waals surface area contributed by atoms with Crippen LogP contribution in [0.3, 0.4) is 0 Å². The van der Waals surface area contributed by atoms with Crippen LogP contribution < -0.4 is 20.1 Å². The highest BCUT2D eigenvalue weighted by molar-refractivity contribution is 9.10. The number of thiazole rings is 1. The average Bonchev–Trinajstić information content (AvgIpc) is 3.20. The number of fused-ring (bicyclic) bond motifs is 1. The molecule has 30 heavy (non-hydrogen) atoms. The van der Waals surface area contributed by atoms with Crippen molar-refractivity contribution >= 4 is 49.9 Å². The van der Waals surface area contributed by atoms with E-state index in [1.165, 1.54) is 15.9 Å². The van der Waals surface area contributed by atoms with Crippen molar-refractivity contribution in [3.05, 3.63) is 78.8 Å². The van der Waals surface area contributed by atoms with Gasteiger partial charge in [0, 0.05) is 15.7 Å². The minimum absolute atomic E-state index is 0.158. The minimum Gasteiger partial charge on any atom is -0.483 e. The van der Waals surface area contributed by atoms with E-state index in [0.29, 0.717) is 32.3 Å². The zero-order chi connectivity index (χ0) is 21.3. The first-order valence-corrected chi connectivity index (χ1v) is 10.7. The second-order valence-electron chi connectivity index (χ2n) is 6.65. The molecule has 1 amide bonds. The monoisotopic (exact) mass is 484 g/mol. The molecule has 1 N–H and O–H groups in total. The summed E-state index contributed by atoms with van der Waals surface area (Å²) >= 11 is 4.69. The fourth-order valence-corrected chi connectivity index (χ4v) is 4.14. The zero-order valence-electron chi connectivity index (χ0n) is 16.2. The van der Waals surface area contributed by atoms with Crippen LogP contribution in [-0.2, 0) is 4.79 Å². The van der Waals surface area contributed by atoms with Gasteiger partial charge in [0.25, 0.3) is 11.5 Å². The van der Waals surface area contributed by atoms with Crippen LogP contribution in [0.15, 0.2) is 51.7 Å². The van der Waals surface area contributed by atoms with E-state index in [-0.39, 0.29) is 18.1 Å². The molecule has 2 heterocycles. The Labute approximate surface area is 184 Å². The number of nitrogens with zero attached hydrogens (tertiary/aromatic N) is 3. The van der Waals surface area contributed by atoms with Crippen LogP contribution in [-0.4, -0.2) is 27.1 Å². The zero-order valence-corrected chi connectivity index (χ0v) is 18.6. The van der Waals surface area contributed by atoms with E-state index in [4.69, 9.17) is 4.74 Å². The number of anilines is 1. The summed E-state index contributed by atoms with van der Waals surface area (Å²) < 4.78 is 8.34. The lowest BCUT2D eigenvalue weighted by molar-refractivity contribution is -0.118. The Bertz CT molecular complexity index is 1350. The number of hydrogen-bond acceptors (Lipinski definition) is 6. The molecule has 4 rings (SSSR count). The van der Waals surface area contributed by atoms with Gasteiger partial charge in [0.2, 0.25) is 4.96 Å². The molecule has 9 heteroatoms. The lowest BCUT2D eigenvalue weighted by Crippen LogP contribution is -2.24. The van der Waals surface area contributed by atoms with Crippen molar-refractivity contribution in [3.8, 4) is 5.75 Å². The number of benzene rings is 2. The molecule has 0 aliphatic carbocycles.